The van der Waals surface area contributed by atoms with Crippen molar-refractivity contribution >= 4 is 5.97 Å². The molecule has 0 saturated carbocycles. The molecule has 1 N–H and O–H groups in total. The van der Waals surface area contributed by atoms with E-state index in [1.54, 1.807) is 6.20 Å². The predicted octanol–water partition coefficient (Wildman–Crippen LogP) is 1.60. The topological polar surface area (TPSA) is 51.2 Å². The van der Waals surface area contributed by atoms with Gasteiger partial charge in [0.2, 0.25) is 0 Å². The number of ether oxygens (including phenoxy) is 1. The number of esters is 1. The minimum atomic E-state index is -0.418. The van der Waals surface area contributed by atoms with Gasteiger partial charge in [-0.3, -0.25) is 4.98 Å². The van der Waals surface area contributed by atoms with Gasteiger partial charge >= 0.3 is 5.97 Å². The highest BCUT2D eigenvalue weighted by Crippen LogP contribution is 2.13. The third kappa shape index (κ3) is 3.31. The van der Waals surface area contributed by atoms with Crippen LogP contribution in [-0.2, 0) is 9.53 Å². The quantitative estimate of drug-likeness (QED) is 0.769. The fourth-order valence-electron chi connectivity index (χ4n) is 1.39. The second-order valence-electron chi connectivity index (χ2n) is 3.64. The lowest BCUT2D eigenvalue weighted by atomic mass is 10.1. The molecule has 0 radical (unpaired) electrons. The molecule has 1 rings (SSSR count). The summed E-state index contributed by atoms with van der Waals surface area (Å²) in [6, 6.07) is 3.36. The molecule has 0 aromatic carbocycles. The van der Waals surface area contributed by atoms with Crippen molar-refractivity contribution in [1.82, 2.24) is 10.3 Å². The van der Waals surface area contributed by atoms with Crippen molar-refractivity contribution in [3.8, 4) is 0 Å². The van der Waals surface area contributed by atoms with Crippen LogP contribution >= 0.6 is 0 Å². The van der Waals surface area contributed by atoms with Gasteiger partial charge in [0, 0.05) is 11.9 Å². The number of aromatic nitrogens is 1. The molecule has 0 aliphatic carbocycles. The molecule has 16 heavy (non-hydrogen) atoms. The molecule has 1 aromatic heterocycles. The number of methoxy groups -OCH3 is 1. The fraction of sp³-hybridized carbons (Fsp3) is 0.500. The van der Waals surface area contributed by atoms with E-state index >= 15 is 0 Å². The summed E-state index contributed by atoms with van der Waals surface area (Å²) in [6.07, 6.45) is 2.67. The average molecular weight is 222 g/mol. The number of carbonyl (C=O) groups excluding carboxylic acids is 1. The van der Waals surface area contributed by atoms with Gasteiger partial charge in [-0.2, -0.15) is 0 Å². The predicted molar refractivity (Wildman–Crippen MR) is 62.0 cm³/mol. The van der Waals surface area contributed by atoms with E-state index in [1.165, 1.54) is 7.11 Å². The summed E-state index contributed by atoms with van der Waals surface area (Å²) in [7, 11) is 1.39. The van der Waals surface area contributed by atoms with Gasteiger partial charge in [0.25, 0.3) is 0 Å². The Bertz CT molecular complexity index is 335. The van der Waals surface area contributed by atoms with Crippen LogP contribution in [0.4, 0.5) is 0 Å². The minimum Gasteiger partial charge on any atom is -0.468 e. The lowest BCUT2D eigenvalue weighted by molar-refractivity contribution is -0.143. The van der Waals surface area contributed by atoms with Crippen LogP contribution in [0.3, 0.4) is 0 Å². The van der Waals surface area contributed by atoms with Gasteiger partial charge in [0.1, 0.15) is 6.04 Å². The number of rotatable bonds is 5. The maximum absolute atomic E-state index is 11.6. The molecule has 4 heteroatoms. The highest BCUT2D eigenvalue weighted by molar-refractivity contribution is 5.77. The first-order valence-electron chi connectivity index (χ1n) is 5.42. The van der Waals surface area contributed by atoms with Gasteiger partial charge in [0.15, 0.2) is 0 Å². The molecule has 1 unspecified atom stereocenters. The first-order chi connectivity index (χ1) is 7.69. The summed E-state index contributed by atoms with van der Waals surface area (Å²) < 4.78 is 4.76. The van der Waals surface area contributed by atoms with E-state index < -0.39 is 6.04 Å². The number of nitrogens with zero attached hydrogens (tertiary/aromatic N) is 1. The summed E-state index contributed by atoms with van der Waals surface area (Å²) in [6.45, 7) is 4.73. The summed E-state index contributed by atoms with van der Waals surface area (Å²) in [5, 5.41) is 3.14. The number of carbonyl (C=O) groups is 1. The van der Waals surface area contributed by atoms with Crippen LogP contribution < -0.4 is 5.32 Å². The van der Waals surface area contributed by atoms with Crippen molar-refractivity contribution in [2.24, 2.45) is 0 Å². The lowest BCUT2D eigenvalue weighted by Crippen LogP contribution is -2.30. The Hall–Kier alpha value is -1.42. The summed E-state index contributed by atoms with van der Waals surface area (Å²) in [5.41, 5.74) is 1.77. The van der Waals surface area contributed by atoms with Gasteiger partial charge in [-0.25, -0.2) is 4.79 Å². The zero-order valence-electron chi connectivity index (χ0n) is 9.99. The number of aryl methyl sites for hydroxylation is 1. The van der Waals surface area contributed by atoms with E-state index in [9.17, 15) is 4.79 Å². The Labute approximate surface area is 96.0 Å². The summed E-state index contributed by atoms with van der Waals surface area (Å²) in [4.78, 5) is 15.8. The lowest BCUT2D eigenvalue weighted by Gasteiger charge is -2.16. The van der Waals surface area contributed by atoms with E-state index in [-0.39, 0.29) is 5.97 Å². The van der Waals surface area contributed by atoms with Crippen molar-refractivity contribution in [2.75, 3.05) is 13.7 Å². The zero-order valence-corrected chi connectivity index (χ0v) is 9.99. The molecule has 1 atom stereocenters. The summed E-state index contributed by atoms with van der Waals surface area (Å²) in [5.74, 6) is -0.279. The van der Waals surface area contributed by atoms with E-state index in [1.807, 2.05) is 19.1 Å². The number of nitrogens with one attached hydrogen (secondary N) is 1. The highest BCUT2D eigenvalue weighted by Gasteiger charge is 2.20. The molecule has 0 amide bonds. The molecule has 0 spiro atoms. The standard InChI is InChI=1S/C12H18N2O2/c1-4-7-13-11(12(15)16-3)10-6-5-9(2)14-8-10/h5-6,8,11,13H,4,7H2,1-3H3. The normalized spacial score (nSPS) is 12.2. The smallest absolute Gasteiger partial charge is 0.327 e. The van der Waals surface area contributed by atoms with Gasteiger partial charge in [0.05, 0.1) is 7.11 Å². The van der Waals surface area contributed by atoms with Crippen LogP contribution in [0.15, 0.2) is 18.3 Å². The Kier molecular flexibility index (Phi) is 4.92. The molecule has 0 fully saturated rings. The van der Waals surface area contributed by atoms with Crippen molar-refractivity contribution in [2.45, 2.75) is 26.3 Å². The van der Waals surface area contributed by atoms with Gasteiger partial charge in [-0.15, -0.1) is 0 Å². The fourth-order valence-corrected chi connectivity index (χ4v) is 1.39. The summed E-state index contributed by atoms with van der Waals surface area (Å²) >= 11 is 0. The first-order valence-corrected chi connectivity index (χ1v) is 5.42. The molecular formula is C12H18N2O2. The Morgan fingerprint density at radius 3 is 2.81 bits per heavy atom. The molecule has 0 aliphatic rings. The molecule has 0 saturated heterocycles. The third-order valence-electron chi connectivity index (χ3n) is 2.30. The van der Waals surface area contributed by atoms with Gasteiger partial charge < -0.3 is 10.1 Å². The van der Waals surface area contributed by atoms with Crippen LogP contribution in [0.1, 0.15) is 30.6 Å². The largest absolute Gasteiger partial charge is 0.468 e. The van der Waals surface area contributed by atoms with Crippen LogP contribution in [0.2, 0.25) is 0 Å². The van der Waals surface area contributed by atoms with Crippen molar-refractivity contribution < 1.29 is 9.53 Å². The van der Waals surface area contributed by atoms with E-state index in [0.29, 0.717) is 0 Å². The Morgan fingerprint density at radius 2 is 2.31 bits per heavy atom. The second kappa shape index (κ2) is 6.23. The molecule has 4 nitrogen and oxygen atoms in total. The van der Waals surface area contributed by atoms with Crippen LogP contribution in [-0.4, -0.2) is 24.6 Å². The first kappa shape index (κ1) is 12.6. The number of hydrogen-bond acceptors (Lipinski definition) is 4. The van der Waals surface area contributed by atoms with Crippen LogP contribution in [0.5, 0.6) is 0 Å². The highest BCUT2D eigenvalue weighted by atomic mass is 16.5. The van der Waals surface area contributed by atoms with Crippen LogP contribution in [0, 0.1) is 6.92 Å². The average Bonchev–Trinajstić information content (AvgIpc) is 2.31. The van der Waals surface area contributed by atoms with Crippen molar-refractivity contribution in [3.05, 3.63) is 29.6 Å². The third-order valence-corrected chi connectivity index (χ3v) is 2.30. The van der Waals surface area contributed by atoms with Crippen LogP contribution in [0.25, 0.3) is 0 Å². The zero-order chi connectivity index (χ0) is 12.0. The SMILES string of the molecule is CCCNC(C(=O)OC)c1ccc(C)nc1. The van der Waals surface area contributed by atoms with Gasteiger partial charge in [-0.1, -0.05) is 13.0 Å². The molecule has 88 valence electrons. The van der Waals surface area contributed by atoms with Crippen molar-refractivity contribution in [3.63, 3.8) is 0 Å². The Morgan fingerprint density at radius 1 is 1.56 bits per heavy atom. The maximum atomic E-state index is 11.6. The monoisotopic (exact) mass is 222 g/mol. The number of hydrogen-bond donors (Lipinski definition) is 1. The van der Waals surface area contributed by atoms with E-state index in [0.717, 1.165) is 24.2 Å². The molecule has 1 heterocycles. The molecular weight excluding hydrogens is 204 g/mol. The molecule has 0 aliphatic heterocycles. The number of pyridine rings is 1. The minimum absolute atomic E-state index is 0.279. The van der Waals surface area contributed by atoms with E-state index in [4.69, 9.17) is 4.74 Å². The second-order valence-corrected chi connectivity index (χ2v) is 3.64. The molecule has 0 bridgehead atoms. The maximum Gasteiger partial charge on any atom is 0.327 e. The van der Waals surface area contributed by atoms with Gasteiger partial charge in [-0.05, 0) is 31.5 Å². The Balaban J connectivity index is 2.82. The van der Waals surface area contributed by atoms with E-state index in [2.05, 4.69) is 17.2 Å². The molecule has 1 aromatic rings. The van der Waals surface area contributed by atoms with Crippen molar-refractivity contribution in [1.29, 1.82) is 0 Å².